The molecule has 0 unspecified atom stereocenters. The Bertz CT molecular complexity index is 989. The summed E-state index contributed by atoms with van der Waals surface area (Å²) in [7, 11) is 0. The molecule has 0 radical (unpaired) electrons. The second-order valence-electron chi connectivity index (χ2n) is 6.54. The van der Waals surface area contributed by atoms with Crippen LogP contribution in [0.2, 0.25) is 5.02 Å². The first-order valence-corrected chi connectivity index (χ1v) is 10.6. The molecule has 3 rings (SSSR count). The molecule has 0 saturated heterocycles. The number of carbonyl (C=O) groups is 1. The summed E-state index contributed by atoms with van der Waals surface area (Å²) in [5.41, 5.74) is 2.85. The number of aromatic nitrogens is 3. The maximum absolute atomic E-state index is 12.3. The second kappa shape index (κ2) is 9.80. The van der Waals surface area contributed by atoms with Crippen LogP contribution in [0.3, 0.4) is 0 Å². The van der Waals surface area contributed by atoms with Gasteiger partial charge in [0.25, 0.3) is 0 Å². The van der Waals surface area contributed by atoms with Crippen molar-refractivity contribution >= 4 is 35.0 Å². The fraction of sp³-hybridized carbons (Fsp3) is 0.286. The number of nitrogens with zero attached hydrogens (tertiary/aromatic N) is 3. The van der Waals surface area contributed by atoms with Crippen LogP contribution in [0.15, 0.2) is 47.6 Å². The highest BCUT2D eigenvalue weighted by atomic mass is 35.5. The minimum atomic E-state index is -0.122. The number of hydrogen-bond donors (Lipinski definition) is 1. The van der Waals surface area contributed by atoms with Crippen LogP contribution in [0.25, 0.3) is 0 Å². The zero-order valence-corrected chi connectivity index (χ0v) is 18.2. The Labute approximate surface area is 179 Å². The molecule has 0 fully saturated rings. The third-order valence-electron chi connectivity index (χ3n) is 4.30. The SMILES string of the molecule is CCn1c(COc2ccc(C)cc2)nnc1SCC(=O)Nc1cc(Cl)ccc1C. The summed E-state index contributed by atoms with van der Waals surface area (Å²) in [6.07, 6.45) is 0. The fourth-order valence-electron chi connectivity index (χ4n) is 2.68. The summed E-state index contributed by atoms with van der Waals surface area (Å²) in [5, 5.41) is 12.6. The molecule has 2 aromatic carbocycles. The molecule has 1 N–H and O–H groups in total. The summed E-state index contributed by atoms with van der Waals surface area (Å²) >= 11 is 7.35. The largest absolute Gasteiger partial charge is 0.486 e. The van der Waals surface area contributed by atoms with Crippen molar-refractivity contribution in [2.75, 3.05) is 11.1 Å². The van der Waals surface area contributed by atoms with E-state index >= 15 is 0 Å². The first-order valence-electron chi connectivity index (χ1n) is 9.26. The van der Waals surface area contributed by atoms with Crippen molar-refractivity contribution in [1.29, 1.82) is 0 Å². The minimum absolute atomic E-state index is 0.122. The lowest BCUT2D eigenvalue weighted by atomic mass is 10.2. The van der Waals surface area contributed by atoms with Gasteiger partial charge in [-0.25, -0.2) is 0 Å². The molecular formula is C21H23ClN4O2S. The van der Waals surface area contributed by atoms with Gasteiger partial charge >= 0.3 is 0 Å². The summed E-state index contributed by atoms with van der Waals surface area (Å²) in [6, 6.07) is 13.3. The molecule has 8 heteroatoms. The van der Waals surface area contributed by atoms with E-state index in [4.69, 9.17) is 16.3 Å². The third-order valence-corrected chi connectivity index (χ3v) is 5.51. The van der Waals surface area contributed by atoms with Gasteiger partial charge in [0.05, 0.1) is 5.75 Å². The number of rotatable bonds is 8. The zero-order chi connectivity index (χ0) is 20.8. The van der Waals surface area contributed by atoms with Crippen molar-refractivity contribution < 1.29 is 9.53 Å². The molecule has 1 aromatic heterocycles. The van der Waals surface area contributed by atoms with E-state index < -0.39 is 0 Å². The number of amides is 1. The van der Waals surface area contributed by atoms with Gasteiger partial charge in [-0.05, 0) is 50.6 Å². The number of thioether (sulfide) groups is 1. The Morgan fingerprint density at radius 1 is 1.17 bits per heavy atom. The highest BCUT2D eigenvalue weighted by Crippen LogP contribution is 2.22. The van der Waals surface area contributed by atoms with Gasteiger partial charge in [0.1, 0.15) is 12.4 Å². The number of aryl methyl sites for hydroxylation is 2. The van der Waals surface area contributed by atoms with Gasteiger partial charge < -0.3 is 14.6 Å². The average Bonchev–Trinajstić information content (AvgIpc) is 3.10. The number of hydrogen-bond acceptors (Lipinski definition) is 5. The number of benzene rings is 2. The van der Waals surface area contributed by atoms with Crippen molar-refractivity contribution in [2.24, 2.45) is 0 Å². The van der Waals surface area contributed by atoms with Gasteiger partial charge in [-0.1, -0.05) is 47.1 Å². The lowest BCUT2D eigenvalue weighted by Gasteiger charge is -2.10. The fourth-order valence-corrected chi connectivity index (χ4v) is 3.67. The van der Waals surface area contributed by atoms with E-state index in [9.17, 15) is 4.79 Å². The van der Waals surface area contributed by atoms with Crippen molar-refractivity contribution in [2.45, 2.75) is 39.1 Å². The maximum Gasteiger partial charge on any atom is 0.234 e. The molecule has 3 aromatic rings. The number of anilines is 1. The Balaban J connectivity index is 1.58. The van der Waals surface area contributed by atoms with Crippen LogP contribution in [0.1, 0.15) is 23.9 Å². The first kappa shape index (κ1) is 21.2. The Kier molecular flexibility index (Phi) is 7.17. The highest BCUT2D eigenvalue weighted by Gasteiger charge is 2.14. The van der Waals surface area contributed by atoms with Crippen molar-refractivity contribution in [3.63, 3.8) is 0 Å². The lowest BCUT2D eigenvalue weighted by molar-refractivity contribution is -0.113. The summed E-state index contributed by atoms with van der Waals surface area (Å²) < 4.78 is 7.76. The molecule has 1 amide bonds. The number of ether oxygens (including phenoxy) is 1. The third kappa shape index (κ3) is 5.74. The molecule has 0 aliphatic heterocycles. The summed E-state index contributed by atoms with van der Waals surface area (Å²) in [4.78, 5) is 12.3. The van der Waals surface area contributed by atoms with Gasteiger partial charge in [0, 0.05) is 17.3 Å². The van der Waals surface area contributed by atoms with Gasteiger partial charge in [0.2, 0.25) is 5.91 Å². The van der Waals surface area contributed by atoms with Crippen LogP contribution in [0.4, 0.5) is 5.69 Å². The van der Waals surface area contributed by atoms with E-state index in [1.165, 1.54) is 17.3 Å². The van der Waals surface area contributed by atoms with Crippen molar-refractivity contribution in [3.8, 4) is 5.75 Å². The number of nitrogens with one attached hydrogen (secondary N) is 1. The van der Waals surface area contributed by atoms with E-state index in [0.717, 1.165) is 17.1 Å². The van der Waals surface area contributed by atoms with E-state index in [-0.39, 0.29) is 11.7 Å². The second-order valence-corrected chi connectivity index (χ2v) is 7.92. The van der Waals surface area contributed by atoms with Crippen LogP contribution in [0, 0.1) is 13.8 Å². The van der Waals surface area contributed by atoms with Crippen molar-refractivity contribution in [3.05, 3.63) is 64.4 Å². The van der Waals surface area contributed by atoms with Crippen molar-refractivity contribution in [1.82, 2.24) is 14.8 Å². The molecule has 1 heterocycles. The van der Waals surface area contributed by atoms with Crippen LogP contribution >= 0.6 is 23.4 Å². The van der Waals surface area contributed by atoms with Gasteiger partial charge in [-0.2, -0.15) is 0 Å². The Morgan fingerprint density at radius 2 is 1.93 bits per heavy atom. The molecule has 0 aliphatic rings. The quantitative estimate of drug-likeness (QED) is 0.516. The van der Waals surface area contributed by atoms with Gasteiger partial charge in [-0.3, -0.25) is 4.79 Å². The van der Waals surface area contributed by atoms with E-state index in [1.54, 1.807) is 12.1 Å². The molecule has 0 bridgehead atoms. The maximum atomic E-state index is 12.3. The van der Waals surface area contributed by atoms with E-state index in [1.807, 2.05) is 55.7 Å². The topological polar surface area (TPSA) is 69.0 Å². The first-order chi connectivity index (χ1) is 14.0. The Hall–Kier alpha value is -2.51. The van der Waals surface area contributed by atoms with Crippen LogP contribution in [-0.2, 0) is 17.9 Å². The highest BCUT2D eigenvalue weighted by molar-refractivity contribution is 7.99. The standard InChI is InChI=1S/C21H23ClN4O2S/c1-4-26-19(12-28-17-9-5-14(2)6-10-17)24-25-21(26)29-13-20(27)23-18-11-16(22)8-7-15(18)3/h5-11H,4,12-13H2,1-3H3,(H,23,27). The van der Waals surface area contributed by atoms with E-state index in [2.05, 4.69) is 15.5 Å². The molecular weight excluding hydrogens is 408 g/mol. The molecule has 0 aliphatic carbocycles. The molecule has 29 heavy (non-hydrogen) atoms. The van der Waals surface area contributed by atoms with Gasteiger partial charge in [0.15, 0.2) is 11.0 Å². The van der Waals surface area contributed by atoms with Crippen LogP contribution in [0.5, 0.6) is 5.75 Å². The monoisotopic (exact) mass is 430 g/mol. The molecule has 0 saturated carbocycles. The zero-order valence-electron chi connectivity index (χ0n) is 16.6. The predicted octanol–water partition coefficient (Wildman–Crippen LogP) is 4.88. The average molecular weight is 431 g/mol. The number of halogens is 1. The molecule has 0 spiro atoms. The molecule has 0 atom stereocenters. The minimum Gasteiger partial charge on any atom is -0.486 e. The molecule has 152 valence electrons. The predicted molar refractivity (Wildman–Crippen MR) is 117 cm³/mol. The van der Waals surface area contributed by atoms with Gasteiger partial charge in [-0.15, -0.1) is 10.2 Å². The van der Waals surface area contributed by atoms with E-state index in [0.29, 0.717) is 29.0 Å². The lowest BCUT2D eigenvalue weighted by Crippen LogP contribution is -2.15. The smallest absolute Gasteiger partial charge is 0.234 e. The summed E-state index contributed by atoms with van der Waals surface area (Å²) in [6.45, 7) is 6.98. The normalized spacial score (nSPS) is 10.8. The van der Waals surface area contributed by atoms with Crippen LogP contribution in [-0.4, -0.2) is 26.4 Å². The number of carbonyl (C=O) groups excluding carboxylic acids is 1. The Morgan fingerprint density at radius 3 is 2.66 bits per heavy atom. The summed E-state index contributed by atoms with van der Waals surface area (Å²) in [5.74, 6) is 1.61. The van der Waals surface area contributed by atoms with Crippen LogP contribution < -0.4 is 10.1 Å². The molecule has 6 nitrogen and oxygen atoms in total.